The van der Waals surface area contributed by atoms with Crippen LogP contribution in [-0.4, -0.2) is 27.2 Å². The van der Waals surface area contributed by atoms with Gasteiger partial charge >= 0.3 is 0 Å². The van der Waals surface area contributed by atoms with Crippen molar-refractivity contribution in [1.29, 1.82) is 0 Å². The van der Waals surface area contributed by atoms with Crippen LogP contribution in [0.2, 0.25) is 0 Å². The number of nitrogens with zero attached hydrogens (tertiary/aromatic N) is 3. The van der Waals surface area contributed by atoms with Crippen molar-refractivity contribution in [3.05, 3.63) is 23.2 Å². The van der Waals surface area contributed by atoms with E-state index in [-0.39, 0.29) is 0 Å². The van der Waals surface area contributed by atoms with E-state index in [1.54, 1.807) is 18.4 Å². The zero-order valence-electron chi connectivity index (χ0n) is 9.89. The lowest BCUT2D eigenvalue weighted by Crippen LogP contribution is -1.98. The van der Waals surface area contributed by atoms with E-state index in [0.717, 1.165) is 15.9 Å². The number of hydrogen-bond donors (Lipinski definition) is 2. The molecule has 0 amide bonds. The molecule has 0 saturated heterocycles. The molecule has 6 nitrogen and oxygen atoms in total. The number of aryl methyl sites for hydroxylation is 1. The molecule has 0 atom stereocenters. The third-order valence-electron chi connectivity index (χ3n) is 2.40. The van der Waals surface area contributed by atoms with Crippen molar-refractivity contribution in [2.45, 2.75) is 6.92 Å². The van der Waals surface area contributed by atoms with Crippen molar-refractivity contribution in [1.82, 2.24) is 20.2 Å². The number of ether oxygens (including phenoxy) is 1. The average Bonchev–Trinajstić information content (AvgIpc) is 2.98. The van der Waals surface area contributed by atoms with Gasteiger partial charge in [-0.1, -0.05) is 0 Å². The summed E-state index contributed by atoms with van der Waals surface area (Å²) in [7, 11) is 1.78. The summed E-state index contributed by atoms with van der Waals surface area (Å²) in [5, 5.41) is 12.6. The van der Waals surface area contributed by atoms with Crippen LogP contribution >= 0.6 is 11.3 Å². The zero-order valence-corrected chi connectivity index (χ0v) is 10.7. The SMILES string of the molecule is CNc1nc(Oc2cc(C)[nH]n2)c2ccsc2n1. The molecule has 0 spiro atoms. The van der Waals surface area contributed by atoms with Crippen molar-refractivity contribution in [2.24, 2.45) is 0 Å². The van der Waals surface area contributed by atoms with Gasteiger partial charge in [0.2, 0.25) is 17.7 Å². The predicted octanol–water partition coefficient (Wildman–Crippen LogP) is 2.56. The fourth-order valence-electron chi connectivity index (χ4n) is 1.56. The fourth-order valence-corrected chi connectivity index (χ4v) is 2.32. The highest BCUT2D eigenvalue weighted by Gasteiger charge is 2.11. The van der Waals surface area contributed by atoms with Crippen molar-refractivity contribution >= 4 is 27.5 Å². The van der Waals surface area contributed by atoms with Crippen molar-refractivity contribution in [2.75, 3.05) is 12.4 Å². The summed E-state index contributed by atoms with van der Waals surface area (Å²) in [6.07, 6.45) is 0. The van der Waals surface area contributed by atoms with E-state index in [0.29, 0.717) is 17.7 Å². The van der Waals surface area contributed by atoms with Crippen LogP contribution in [-0.2, 0) is 0 Å². The molecule has 3 heterocycles. The van der Waals surface area contributed by atoms with Crippen LogP contribution in [0.3, 0.4) is 0 Å². The van der Waals surface area contributed by atoms with E-state index >= 15 is 0 Å². The number of nitrogens with one attached hydrogen (secondary N) is 2. The van der Waals surface area contributed by atoms with Crippen LogP contribution in [0.4, 0.5) is 5.95 Å². The summed E-state index contributed by atoms with van der Waals surface area (Å²) < 4.78 is 5.69. The van der Waals surface area contributed by atoms with Crippen LogP contribution in [0, 0.1) is 6.92 Å². The van der Waals surface area contributed by atoms with Crippen LogP contribution in [0.15, 0.2) is 17.5 Å². The van der Waals surface area contributed by atoms with E-state index in [4.69, 9.17) is 4.74 Å². The Labute approximate surface area is 107 Å². The minimum absolute atomic E-state index is 0.501. The second kappa shape index (κ2) is 4.26. The fraction of sp³-hybridized carbons (Fsp3) is 0.182. The molecule has 3 aromatic heterocycles. The second-order valence-electron chi connectivity index (χ2n) is 3.73. The Kier molecular flexibility index (Phi) is 2.60. The van der Waals surface area contributed by atoms with Gasteiger partial charge in [0.25, 0.3) is 0 Å². The Morgan fingerprint density at radius 2 is 2.28 bits per heavy atom. The first-order valence-electron chi connectivity index (χ1n) is 5.39. The summed E-state index contributed by atoms with van der Waals surface area (Å²) in [5.41, 5.74) is 0.939. The van der Waals surface area contributed by atoms with Gasteiger partial charge in [0.15, 0.2) is 0 Å². The molecule has 3 aromatic rings. The van der Waals surface area contributed by atoms with Crippen molar-refractivity contribution < 1.29 is 4.74 Å². The van der Waals surface area contributed by atoms with Crippen LogP contribution in [0.25, 0.3) is 10.2 Å². The lowest BCUT2D eigenvalue weighted by molar-refractivity contribution is 0.449. The van der Waals surface area contributed by atoms with Gasteiger partial charge < -0.3 is 10.1 Å². The molecule has 0 fully saturated rings. The van der Waals surface area contributed by atoms with Gasteiger partial charge in [-0.3, -0.25) is 5.10 Å². The minimum Gasteiger partial charge on any atom is -0.418 e. The van der Waals surface area contributed by atoms with Crippen molar-refractivity contribution in [3.8, 4) is 11.8 Å². The van der Waals surface area contributed by atoms with Crippen LogP contribution in [0.5, 0.6) is 11.8 Å². The molecule has 0 aliphatic carbocycles. The number of aromatic nitrogens is 4. The Hall–Kier alpha value is -2.15. The number of thiophene rings is 1. The van der Waals surface area contributed by atoms with Gasteiger partial charge in [0, 0.05) is 18.8 Å². The van der Waals surface area contributed by atoms with Gasteiger partial charge in [-0.05, 0) is 18.4 Å². The normalized spacial score (nSPS) is 10.8. The standard InChI is InChI=1S/C11H11N5OS/c1-6-5-8(16-15-6)17-9-7-3-4-18-10(7)14-11(12-2)13-9/h3-5H,1-2H3,(H,15,16)(H,12,13,14). The summed E-state index contributed by atoms with van der Waals surface area (Å²) in [6.45, 7) is 1.92. The molecule has 92 valence electrons. The van der Waals surface area contributed by atoms with Gasteiger partial charge in [-0.2, -0.15) is 4.98 Å². The van der Waals surface area contributed by atoms with Gasteiger partial charge in [-0.15, -0.1) is 16.4 Å². The number of aromatic amines is 1. The molecular weight excluding hydrogens is 250 g/mol. The molecule has 18 heavy (non-hydrogen) atoms. The third-order valence-corrected chi connectivity index (χ3v) is 3.20. The highest BCUT2D eigenvalue weighted by atomic mass is 32.1. The molecule has 0 aliphatic heterocycles. The maximum atomic E-state index is 5.69. The molecule has 7 heteroatoms. The lowest BCUT2D eigenvalue weighted by atomic mass is 10.4. The van der Waals surface area contributed by atoms with Crippen LogP contribution < -0.4 is 10.1 Å². The highest BCUT2D eigenvalue weighted by molar-refractivity contribution is 7.16. The van der Waals surface area contributed by atoms with Crippen LogP contribution in [0.1, 0.15) is 5.69 Å². The largest absolute Gasteiger partial charge is 0.418 e. The van der Waals surface area contributed by atoms with Gasteiger partial charge in [0.1, 0.15) is 4.83 Å². The lowest BCUT2D eigenvalue weighted by Gasteiger charge is -2.04. The first-order chi connectivity index (χ1) is 8.76. The van der Waals surface area contributed by atoms with E-state index in [9.17, 15) is 0 Å². The second-order valence-corrected chi connectivity index (χ2v) is 4.63. The smallest absolute Gasteiger partial charge is 0.240 e. The summed E-state index contributed by atoms with van der Waals surface area (Å²) >= 11 is 1.55. The minimum atomic E-state index is 0.501. The quantitative estimate of drug-likeness (QED) is 0.757. The van der Waals surface area contributed by atoms with E-state index in [2.05, 4.69) is 25.5 Å². The molecule has 0 radical (unpaired) electrons. The monoisotopic (exact) mass is 261 g/mol. The average molecular weight is 261 g/mol. The number of H-pyrrole nitrogens is 1. The third kappa shape index (κ3) is 1.88. The zero-order chi connectivity index (χ0) is 12.5. The first-order valence-corrected chi connectivity index (χ1v) is 6.27. The van der Waals surface area contributed by atoms with E-state index < -0.39 is 0 Å². The number of hydrogen-bond acceptors (Lipinski definition) is 6. The van der Waals surface area contributed by atoms with Gasteiger partial charge in [0.05, 0.1) is 5.39 Å². The maximum Gasteiger partial charge on any atom is 0.240 e. The Morgan fingerprint density at radius 3 is 3.00 bits per heavy atom. The Bertz CT molecular complexity index is 690. The molecule has 0 unspecified atom stereocenters. The number of fused-ring (bicyclic) bond motifs is 1. The number of rotatable bonds is 3. The predicted molar refractivity (Wildman–Crippen MR) is 70.4 cm³/mol. The van der Waals surface area contributed by atoms with E-state index in [1.807, 2.05) is 24.4 Å². The summed E-state index contributed by atoms with van der Waals surface area (Å²) in [4.78, 5) is 9.54. The molecule has 2 N–H and O–H groups in total. The maximum absolute atomic E-state index is 5.69. The first kappa shape index (κ1) is 11.0. The summed E-state index contributed by atoms with van der Waals surface area (Å²) in [6, 6.07) is 3.76. The Balaban J connectivity index is 2.06. The summed E-state index contributed by atoms with van der Waals surface area (Å²) in [5.74, 6) is 1.55. The van der Waals surface area contributed by atoms with Crippen molar-refractivity contribution in [3.63, 3.8) is 0 Å². The molecule has 0 aliphatic rings. The molecule has 3 rings (SSSR count). The highest BCUT2D eigenvalue weighted by Crippen LogP contribution is 2.30. The Morgan fingerprint density at radius 1 is 1.39 bits per heavy atom. The molecular formula is C11H11N5OS. The topological polar surface area (TPSA) is 75.7 Å². The molecule has 0 aromatic carbocycles. The number of anilines is 1. The molecule has 0 saturated carbocycles. The van der Waals surface area contributed by atoms with E-state index in [1.165, 1.54) is 0 Å². The van der Waals surface area contributed by atoms with Gasteiger partial charge in [-0.25, -0.2) is 4.98 Å². The molecule has 0 bridgehead atoms.